The quantitative estimate of drug-likeness (QED) is 0.453. The van der Waals surface area contributed by atoms with E-state index in [0.29, 0.717) is 6.04 Å². The first-order valence-corrected chi connectivity index (χ1v) is 12.0. The Bertz CT molecular complexity index is 1050. The van der Waals surface area contributed by atoms with E-state index in [1.54, 1.807) is 11.1 Å². The number of halogens is 1. The van der Waals surface area contributed by atoms with Gasteiger partial charge in [0, 0.05) is 18.2 Å². The number of hydrogen-bond donors (Lipinski definition) is 1. The molecule has 0 unspecified atom stereocenters. The largest absolute Gasteiger partial charge is 0.352 e. The molecule has 172 valence electrons. The van der Waals surface area contributed by atoms with Crippen LogP contribution in [-0.4, -0.2) is 36.5 Å². The third kappa shape index (κ3) is 5.48. The molecule has 3 aromatic rings. The van der Waals surface area contributed by atoms with Crippen molar-refractivity contribution >= 4 is 18.3 Å². The molecule has 33 heavy (non-hydrogen) atoms. The molecule has 0 spiro atoms. The van der Waals surface area contributed by atoms with Gasteiger partial charge in [0.15, 0.2) is 0 Å². The highest BCUT2D eigenvalue weighted by Gasteiger charge is 2.36. The first-order chi connectivity index (χ1) is 15.8. The van der Waals surface area contributed by atoms with Crippen LogP contribution in [0.4, 0.5) is 0 Å². The minimum Gasteiger partial charge on any atom is -0.352 e. The van der Waals surface area contributed by atoms with E-state index in [0.717, 1.165) is 43.0 Å². The van der Waals surface area contributed by atoms with Crippen molar-refractivity contribution in [2.75, 3.05) is 19.6 Å². The zero-order valence-electron chi connectivity index (χ0n) is 19.1. The van der Waals surface area contributed by atoms with Gasteiger partial charge in [0.2, 0.25) is 0 Å². The number of rotatable bonds is 7. The lowest BCUT2D eigenvalue weighted by Gasteiger charge is -2.33. The minimum absolute atomic E-state index is 0. The number of likely N-dealkylation sites (tertiary alicyclic amines) is 1. The molecular weight excluding hydrogens is 428 g/mol. The van der Waals surface area contributed by atoms with Crippen LogP contribution in [-0.2, 0) is 12.8 Å². The Morgan fingerprint density at radius 2 is 1.48 bits per heavy atom. The van der Waals surface area contributed by atoms with Crippen molar-refractivity contribution in [3.63, 3.8) is 0 Å². The fourth-order valence-corrected chi connectivity index (χ4v) is 5.45. The van der Waals surface area contributed by atoms with Crippen molar-refractivity contribution in [3.8, 4) is 11.1 Å². The van der Waals surface area contributed by atoms with Gasteiger partial charge >= 0.3 is 0 Å². The molecule has 5 rings (SSSR count). The van der Waals surface area contributed by atoms with Gasteiger partial charge in [-0.1, -0.05) is 66.7 Å². The number of nitrogens with one attached hydrogen (secondary N) is 1. The van der Waals surface area contributed by atoms with E-state index in [-0.39, 0.29) is 18.3 Å². The van der Waals surface area contributed by atoms with Crippen LogP contribution in [0.1, 0.15) is 40.7 Å². The number of carbonyl (C=O) groups is 1. The highest BCUT2D eigenvalue weighted by molar-refractivity contribution is 5.94. The molecule has 0 aromatic heterocycles. The lowest BCUT2D eigenvalue weighted by Crippen LogP contribution is -2.38. The highest BCUT2D eigenvalue weighted by Crippen LogP contribution is 2.35. The Hall–Kier alpha value is -2.62. The smallest absolute Gasteiger partial charge is 0.251 e. The maximum atomic E-state index is 12.5. The van der Waals surface area contributed by atoms with Crippen molar-refractivity contribution in [3.05, 3.63) is 95.6 Å². The van der Waals surface area contributed by atoms with E-state index in [1.807, 2.05) is 42.5 Å². The van der Waals surface area contributed by atoms with Gasteiger partial charge in [-0.25, -0.2) is 0 Å². The number of unbranched alkanes of at least 4 members (excludes halogenated alkanes) is 1. The molecule has 1 amide bonds. The van der Waals surface area contributed by atoms with Crippen molar-refractivity contribution in [2.24, 2.45) is 5.92 Å². The van der Waals surface area contributed by atoms with Crippen LogP contribution in [0.15, 0.2) is 78.9 Å². The van der Waals surface area contributed by atoms with Gasteiger partial charge in [-0.3, -0.25) is 9.69 Å². The Morgan fingerprint density at radius 3 is 2.24 bits per heavy atom. The molecule has 3 aromatic carbocycles. The third-order valence-electron chi connectivity index (χ3n) is 7.24. The molecule has 1 N–H and O–H groups in total. The van der Waals surface area contributed by atoms with Crippen LogP contribution < -0.4 is 5.32 Å². The van der Waals surface area contributed by atoms with Gasteiger partial charge in [-0.05, 0) is 85.5 Å². The zero-order valence-corrected chi connectivity index (χ0v) is 19.9. The number of benzene rings is 3. The van der Waals surface area contributed by atoms with E-state index >= 15 is 0 Å². The van der Waals surface area contributed by atoms with Gasteiger partial charge in [-0.2, -0.15) is 0 Å². The third-order valence-corrected chi connectivity index (χ3v) is 7.24. The standard InChI is InChI=1S/C29H32N2O.ClH/c32-29(24-14-12-23(13-15-24)22-8-2-1-3-9-22)30-17-6-7-18-31-19-16-27-20-25-10-4-5-11-26(25)21-28(27)31;/h1-5,8-15,27-28H,6-7,16-21H2,(H,30,32);1H/t27-,28+;/m0./s1. The SMILES string of the molecule is Cl.O=C(NCCCCN1CC[C@H]2Cc3ccccc3C[C@H]21)c1ccc(-c2ccccc2)cc1. The summed E-state index contributed by atoms with van der Waals surface area (Å²) in [6, 6.07) is 27.8. The maximum Gasteiger partial charge on any atom is 0.251 e. The fraction of sp³-hybridized carbons (Fsp3) is 0.345. The summed E-state index contributed by atoms with van der Waals surface area (Å²) in [6.07, 6.45) is 5.94. The van der Waals surface area contributed by atoms with Gasteiger partial charge in [0.05, 0.1) is 0 Å². The van der Waals surface area contributed by atoms with E-state index in [1.165, 1.54) is 31.4 Å². The molecule has 1 aliphatic heterocycles. The lowest BCUT2D eigenvalue weighted by atomic mass is 9.80. The summed E-state index contributed by atoms with van der Waals surface area (Å²) in [5, 5.41) is 3.10. The van der Waals surface area contributed by atoms with Crippen molar-refractivity contribution in [1.29, 1.82) is 0 Å². The molecule has 2 aliphatic rings. The summed E-state index contributed by atoms with van der Waals surface area (Å²) in [5.41, 5.74) is 6.15. The topological polar surface area (TPSA) is 32.3 Å². The predicted molar refractivity (Wildman–Crippen MR) is 138 cm³/mol. The highest BCUT2D eigenvalue weighted by atomic mass is 35.5. The first-order valence-electron chi connectivity index (χ1n) is 12.0. The molecular formula is C29H33ClN2O. The number of amides is 1. The van der Waals surface area contributed by atoms with Crippen LogP contribution in [0.5, 0.6) is 0 Å². The van der Waals surface area contributed by atoms with Crippen LogP contribution in [0, 0.1) is 5.92 Å². The summed E-state index contributed by atoms with van der Waals surface area (Å²) >= 11 is 0. The number of hydrogen-bond acceptors (Lipinski definition) is 2. The van der Waals surface area contributed by atoms with Crippen molar-refractivity contribution in [2.45, 2.75) is 38.1 Å². The number of carbonyl (C=O) groups excluding carboxylic acids is 1. The van der Waals surface area contributed by atoms with E-state index < -0.39 is 0 Å². The van der Waals surface area contributed by atoms with E-state index in [2.05, 4.69) is 46.6 Å². The molecule has 4 heteroatoms. The zero-order chi connectivity index (χ0) is 21.8. The lowest BCUT2D eigenvalue weighted by molar-refractivity contribution is 0.0952. The molecule has 1 aliphatic carbocycles. The van der Waals surface area contributed by atoms with E-state index in [9.17, 15) is 4.79 Å². The van der Waals surface area contributed by atoms with Crippen molar-refractivity contribution in [1.82, 2.24) is 10.2 Å². The second kappa shape index (κ2) is 11.0. The van der Waals surface area contributed by atoms with Crippen LogP contribution in [0.25, 0.3) is 11.1 Å². The molecule has 2 atom stereocenters. The summed E-state index contributed by atoms with van der Waals surface area (Å²) in [7, 11) is 0. The summed E-state index contributed by atoms with van der Waals surface area (Å²) in [5.74, 6) is 0.846. The molecule has 0 bridgehead atoms. The molecule has 1 heterocycles. The summed E-state index contributed by atoms with van der Waals surface area (Å²) in [6.45, 7) is 3.11. The summed E-state index contributed by atoms with van der Waals surface area (Å²) < 4.78 is 0. The normalized spacial score (nSPS) is 19.3. The van der Waals surface area contributed by atoms with Gasteiger partial charge in [0.25, 0.3) is 5.91 Å². The van der Waals surface area contributed by atoms with Crippen LogP contribution >= 0.6 is 12.4 Å². The number of fused-ring (bicyclic) bond motifs is 2. The van der Waals surface area contributed by atoms with Crippen LogP contribution in [0.3, 0.4) is 0 Å². The molecule has 1 fully saturated rings. The monoisotopic (exact) mass is 460 g/mol. The predicted octanol–water partition coefficient (Wildman–Crippen LogP) is 5.77. The molecule has 0 saturated carbocycles. The average molecular weight is 461 g/mol. The average Bonchev–Trinajstić information content (AvgIpc) is 3.24. The van der Waals surface area contributed by atoms with Gasteiger partial charge in [0.1, 0.15) is 0 Å². The second-order valence-electron chi connectivity index (χ2n) is 9.24. The molecule has 1 saturated heterocycles. The first kappa shape index (κ1) is 23.5. The Kier molecular flexibility index (Phi) is 7.85. The Morgan fingerprint density at radius 1 is 0.818 bits per heavy atom. The van der Waals surface area contributed by atoms with Crippen LogP contribution in [0.2, 0.25) is 0 Å². The van der Waals surface area contributed by atoms with Crippen molar-refractivity contribution < 1.29 is 4.79 Å². The molecule has 3 nitrogen and oxygen atoms in total. The Labute approximate surface area is 203 Å². The fourth-order valence-electron chi connectivity index (χ4n) is 5.45. The summed E-state index contributed by atoms with van der Waals surface area (Å²) in [4.78, 5) is 15.2. The minimum atomic E-state index is 0. The molecule has 0 radical (unpaired) electrons. The Balaban J connectivity index is 0.00000259. The second-order valence-corrected chi connectivity index (χ2v) is 9.24. The number of nitrogens with zero attached hydrogens (tertiary/aromatic N) is 1. The van der Waals surface area contributed by atoms with Gasteiger partial charge < -0.3 is 5.32 Å². The maximum absolute atomic E-state index is 12.5. The van der Waals surface area contributed by atoms with Gasteiger partial charge in [-0.15, -0.1) is 12.4 Å². The van der Waals surface area contributed by atoms with E-state index in [4.69, 9.17) is 0 Å².